The lowest BCUT2D eigenvalue weighted by Crippen LogP contribution is -2.45. The Bertz CT molecular complexity index is 863. The normalized spacial score (nSPS) is 20.5. The van der Waals surface area contributed by atoms with Crippen LogP contribution < -0.4 is 0 Å². The van der Waals surface area contributed by atoms with Gasteiger partial charge in [0.2, 0.25) is 0 Å². The van der Waals surface area contributed by atoms with Gasteiger partial charge in [0, 0.05) is 24.8 Å². The molecule has 0 bridgehead atoms. The van der Waals surface area contributed by atoms with E-state index in [4.69, 9.17) is 0 Å². The summed E-state index contributed by atoms with van der Waals surface area (Å²) in [6, 6.07) is 7.05. The summed E-state index contributed by atoms with van der Waals surface area (Å²) in [4.78, 5) is 25.5. The topological polar surface area (TPSA) is 75.4 Å². The molecule has 1 aromatic carbocycles. The molecule has 2 heterocycles. The number of hydrogen-bond donors (Lipinski definition) is 1. The average molecular weight is 381 g/mol. The molecule has 3 rings (SSSR count). The smallest absolute Gasteiger partial charge is 0.435 e. The summed E-state index contributed by atoms with van der Waals surface area (Å²) in [5, 5.41) is 12.7. The van der Waals surface area contributed by atoms with Gasteiger partial charge in [-0.2, -0.15) is 18.3 Å². The molecule has 2 unspecified atom stereocenters. The van der Waals surface area contributed by atoms with Gasteiger partial charge in [0.25, 0.3) is 5.91 Å². The van der Waals surface area contributed by atoms with Crippen molar-refractivity contribution < 1.29 is 27.9 Å². The number of carboxylic acids is 1. The molecule has 0 radical (unpaired) electrons. The molecule has 9 heteroatoms. The van der Waals surface area contributed by atoms with Crippen molar-refractivity contribution in [1.82, 2.24) is 14.7 Å². The van der Waals surface area contributed by atoms with Crippen LogP contribution in [0.1, 0.15) is 29.4 Å². The number of halogens is 3. The van der Waals surface area contributed by atoms with E-state index in [2.05, 4.69) is 5.10 Å². The summed E-state index contributed by atoms with van der Waals surface area (Å²) >= 11 is 0. The Morgan fingerprint density at radius 1 is 1.26 bits per heavy atom. The number of nitrogens with zero attached hydrogens (tertiary/aromatic N) is 3. The van der Waals surface area contributed by atoms with E-state index in [-0.39, 0.29) is 11.8 Å². The number of piperidine rings is 1. The monoisotopic (exact) mass is 381 g/mol. The Balaban J connectivity index is 1.79. The maximum atomic E-state index is 12.7. The summed E-state index contributed by atoms with van der Waals surface area (Å²) in [7, 11) is 0. The van der Waals surface area contributed by atoms with Crippen LogP contribution >= 0.6 is 0 Å². The van der Waals surface area contributed by atoms with Crippen molar-refractivity contribution in [3.63, 3.8) is 0 Å². The van der Waals surface area contributed by atoms with Crippen molar-refractivity contribution >= 4 is 11.9 Å². The van der Waals surface area contributed by atoms with Gasteiger partial charge in [0.05, 0.1) is 11.6 Å². The molecule has 0 saturated carbocycles. The minimum Gasteiger partial charge on any atom is -0.481 e. The number of aromatic nitrogens is 2. The number of amides is 1. The van der Waals surface area contributed by atoms with E-state index in [1.807, 2.05) is 0 Å². The summed E-state index contributed by atoms with van der Waals surface area (Å²) in [5.41, 5.74) is -0.355. The number of hydrogen-bond acceptors (Lipinski definition) is 3. The maximum absolute atomic E-state index is 12.7. The van der Waals surface area contributed by atoms with E-state index in [0.717, 1.165) is 10.7 Å². The van der Waals surface area contributed by atoms with Crippen molar-refractivity contribution in [2.75, 3.05) is 13.1 Å². The van der Waals surface area contributed by atoms with Crippen molar-refractivity contribution in [1.29, 1.82) is 0 Å². The molecule has 1 aromatic heterocycles. The Hall–Kier alpha value is -2.84. The number of rotatable bonds is 3. The number of benzene rings is 1. The van der Waals surface area contributed by atoms with Crippen LogP contribution in [0.25, 0.3) is 5.69 Å². The molecular weight excluding hydrogens is 363 g/mol. The highest BCUT2D eigenvalue weighted by molar-refractivity contribution is 5.95. The van der Waals surface area contributed by atoms with Crippen LogP contribution in [-0.2, 0) is 11.0 Å². The zero-order chi connectivity index (χ0) is 19.8. The summed E-state index contributed by atoms with van der Waals surface area (Å²) in [6.07, 6.45) is -2.98. The van der Waals surface area contributed by atoms with Gasteiger partial charge in [-0.1, -0.05) is 13.0 Å². The number of alkyl halides is 3. The highest BCUT2D eigenvalue weighted by Crippen LogP contribution is 2.28. The third kappa shape index (κ3) is 3.96. The first kappa shape index (κ1) is 18.9. The lowest BCUT2D eigenvalue weighted by atomic mass is 9.87. The molecule has 1 aliphatic heterocycles. The first-order valence-corrected chi connectivity index (χ1v) is 8.42. The molecule has 2 aromatic rings. The largest absolute Gasteiger partial charge is 0.481 e. The molecule has 1 N–H and O–H groups in total. The van der Waals surface area contributed by atoms with Gasteiger partial charge < -0.3 is 10.0 Å². The number of carbonyl (C=O) groups is 2. The van der Waals surface area contributed by atoms with E-state index >= 15 is 0 Å². The Morgan fingerprint density at radius 3 is 2.59 bits per heavy atom. The standard InChI is InChI=1S/C18H18F3N3O3/c1-11-10-23(7-5-14(11)17(26)27)16(25)12-3-2-4-13(9-12)24-8-6-15(22-24)18(19,20)21/h2-4,6,8-9,11,14H,5,7,10H2,1H3,(H,26,27). The Morgan fingerprint density at radius 2 is 2.00 bits per heavy atom. The zero-order valence-corrected chi connectivity index (χ0v) is 14.5. The molecule has 6 nitrogen and oxygen atoms in total. The van der Waals surface area contributed by atoms with Gasteiger partial charge in [0.15, 0.2) is 5.69 Å². The highest BCUT2D eigenvalue weighted by atomic mass is 19.4. The Kier molecular flexibility index (Phi) is 4.95. The van der Waals surface area contributed by atoms with Crippen LogP contribution in [0.5, 0.6) is 0 Å². The van der Waals surface area contributed by atoms with Crippen LogP contribution in [0.3, 0.4) is 0 Å². The van der Waals surface area contributed by atoms with E-state index < -0.39 is 23.8 Å². The van der Waals surface area contributed by atoms with Crippen molar-refractivity contribution in [3.8, 4) is 5.69 Å². The summed E-state index contributed by atoms with van der Waals surface area (Å²) in [5.74, 6) is -1.81. The van der Waals surface area contributed by atoms with Gasteiger partial charge in [-0.15, -0.1) is 0 Å². The SMILES string of the molecule is CC1CN(C(=O)c2cccc(-n3ccc(C(F)(F)F)n3)c2)CCC1C(=O)O. The van der Waals surface area contributed by atoms with Gasteiger partial charge in [-0.05, 0) is 36.6 Å². The van der Waals surface area contributed by atoms with Gasteiger partial charge >= 0.3 is 12.1 Å². The fourth-order valence-electron chi connectivity index (χ4n) is 3.28. The van der Waals surface area contributed by atoms with E-state index in [0.29, 0.717) is 30.8 Å². The van der Waals surface area contributed by atoms with Crippen molar-refractivity contribution in [2.45, 2.75) is 19.5 Å². The summed E-state index contributed by atoms with van der Waals surface area (Å²) < 4.78 is 39.2. The van der Waals surface area contributed by atoms with E-state index in [1.165, 1.54) is 12.3 Å². The minimum absolute atomic E-state index is 0.177. The average Bonchev–Trinajstić information content (AvgIpc) is 3.11. The van der Waals surface area contributed by atoms with Crippen molar-refractivity contribution in [3.05, 3.63) is 47.8 Å². The predicted octanol–water partition coefficient (Wildman–Crippen LogP) is 3.07. The van der Waals surface area contributed by atoms with Gasteiger partial charge in [-0.3, -0.25) is 9.59 Å². The van der Waals surface area contributed by atoms with Crippen LogP contribution in [0.2, 0.25) is 0 Å². The van der Waals surface area contributed by atoms with Crippen LogP contribution in [0, 0.1) is 11.8 Å². The second-order valence-corrected chi connectivity index (χ2v) is 6.66. The van der Waals surface area contributed by atoms with Crippen LogP contribution in [0.4, 0.5) is 13.2 Å². The second-order valence-electron chi connectivity index (χ2n) is 6.66. The number of carbonyl (C=O) groups excluding carboxylic acids is 1. The fourth-order valence-corrected chi connectivity index (χ4v) is 3.28. The third-order valence-electron chi connectivity index (χ3n) is 4.75. The second kappa shape index (κ2) is 7.05. The van der Waals surface area contributed by atoms with Crippen molar-refractivity contribution in [2.24, 2.45) is 11.8 Å². The lowest BCUT2D eigenvalue weighted by molar-refractivity contribution is -0.145. The highest BCUT2D eigenvalue weighted by Gasteiger charge is 2.34. The molecule has 1 fully saturated rings. The van der Waals surface area contributed by atoms with Crippen LogP contribution in [-0.4, -0.2) is 44.8 Å². The van der Waals surface area contributed by atoms with E-state index in [1.54, 1.807) is 30.0 Å². The molecule has 27 heavy (non-hydrogen) atoms. The third-order valence-corrected chi connectivity index (χ3v) is 4.75. The summed E-state index contributed by atoms with van der Waals surface area (Å²) in [6.45, 7) is 2.43. The molecule has 144 valence electrons. The fraction of sp³-hybridized carbons (Fsp3) is 0.389. The Labute approximate surface area is 153 Å². The quantitative estimate of drug-likeness (QED) is 0.887. The number of carboxylic acid groups (broad SMARTS) is 1. The maximum Gasteiger partial charge on any atom is 0.435 e. The number of aliphatic carboxylic acids is 1. The van der Waals surface area contributed by atoms with Gasteiger partial charge in [-0.25, -0.2) is 4.68 Å². The number of likely N-dealkylation sites (tertiary alicyclic amines) is 1. The zero-order valence-electron chi connectivity index (χ0n) is 14.5. The van der Waals surface area contributed by atoms with E-state index in [9.17, 15) is 27.9 Å². The molecular formula is C18H18F3N3O3. The molecule has 1 aliphatic rings. The van der Waals surface area contributed by atoms with Crippen LogP contribution in [0.15, 0.2) is 36.5 Å². The first-order chi connectivity index (χ1) is 12.7. The first-order valence-electron chi connectivity index (χ1n) is 8.42. The molecule has 2 atom stereocenters. The molecule has 1 saturated heterocycles. The molecule has 1 amide bonds. The van der Waals surface area contributed by atoms with Gasteiger partial charge in [0.1, 0.15) is 0 Å². The molecule has 0 aliphatic carbocycles. The minimum atomic E-state index is -4.54. The lowest BCUT2D eigenvalue weighted by Gasteiger charge is -2.35. The predicted molar refractivity (Wildman–Crippen MR) is 89.4 cm³/mol. The molecule has 0 spiro atoms.